The summed E-state index contributed by atoms with van der Waals surface area (Å²) in [5.74, 6) is -0.294. The average Bonchev–Trinajstić information content (AvgIpc) is 2.01. The van der Waals surface area contributed by atoms with Crippen LogP contribution in [-0.4, -0.2) is 10.2 Å². The van der Waals surface area contributed by atoms with Crippen LogP contribution >= 0.6 is 0 Å². The van der Waals surface area contributed by atoms with Gasteiger partial charge in [-0.2, -0.15) is 0 Å². The second-order valence-electron chi connectivity index (χ2n) is 2.58. The van der Waals surface area contributed by atoms with Crippen molar-refractivity contribution in [1.82, 2.24) is 0 Å². The second kappa shape index (κ2) is 2.81. The van der Waals surface area contributed by atoms with Crippen molar-refractivity contribution < 1.29 is 10.2 Å². The first-order valence-electron chi connectivity index (χ1n) is 3.66. The first-order chi connectivity index (χ1) is 5.57. The number of aromatic hydroxyl groups is 2. The Balaban J connectivity index is 3.40. The monoisotopic (exact) mass is 168 g/mol. The molecule has 1 rings (SSSR count). The molecule has 0 aliphatic rings. The van der Waals surface area contributed by atoms with Crippen LogP contribution in [0.1, 0.15) is 12.5 Å². The molecule has 66 valence electrons. The van der Waals surface area contributed by atoms with Crippen LogP contribution in [0.15, 0.2) is 6.07 Å². The van der Waals surface area contributed by atoms with Crippen LogP contribution in [0.5, 0.6) is 11.5 Å². The van der Waals surface area contributed by atoms with E-state index in [9.17, 15) is 5.11 Å². The van der Waals surface area contributed by atoms with Gasteiger partial charge in [-0.1, -0.05) is 6.92 Å². The largest absolute Gasteiger partial charge is 0.506 e. The van der Waals surface area contributed by atoms with Crippen LogP contribution < -0.4 is 11.5 Å². The standard InChI is InChI=1S/C8H12N2O2/c1-2-4-5(9)3-6(11)7(10)8(4)12/h3,11-12H,2,9-10H2,1H3. The normalized spacial score (nSPS) is 10.1. The molecule has 0 fully saturated rings. The Morgan fingerprint density at radius 2 is 1.92 bits per heavy atom. The SMILES string of the molecule is CCc1c(N)cc(O)c(N)c1O. The van der Waals surface area contributed by atoms with Gasteiger partial charge in [-0.15, -0.1) is 0 Å². The summed E-state index contributed by atoms with van der Waals surface area (Å²) in [6, 6.07) is 1.34. The molecule has 0 aromatic heterocycles. The van der Waals surface area contributed by atoms with Crippen molar-refractivity contribution in [2.45, 2.75) is 13.3 Å². The third kappa shape index (κ3) is 1.11. The summed E-state index contributed by atoms with van der Waals surface area (Å²) in [5, 5.41) is 18.5. The van der Waals surface area contributed by atoms with Crippen molar-refractivity contribution >= 4 is 11.4 Å². The van der Waals surface area contributed by atoms with Gasteiger partial charge < -0.3 is 21.7 Å². The molecule has 0 radical (unpaired) electrons. The zero-order valence-electron chi connectivity index (χ0n) is 6.83. The molecule has 4 nitrogen and oxygen atoms in total. The fraction of sp³-hybridized carbons (Fsp3) is 0.250. The van der Waals surface area contributed by atoms with Crippen LogP contribution in [0.2, 0.25) is 0 Å². The zero-order chi connectivity index (χ0) is 9.30. The van der Waals surface area contributed by atoms with Crippen molar-refractivity contribution in [1.29, 1.82) is 0 Å². The van der Waals surface area contributed by atoms with Gasteiger partial charge in [-0.25, -0.2) is 0 Å². The molecule has 0 spiro atoms. The number of anilines is 2. The predicted molar refractivity (Wildman–Crippen MR) is 48.0 cm³/mol. The highest BCUT2D eigenvalue weighted by Crippen LogP contribution is 2.37. The maximum Gasteiger partial charge on any atom is 0.147 e. The Bertz CT molecular complexity index is 310. The third-order valence-corrected chi connectivity index (χ3v) is 1.81. The van der Waals surface area contributed by atoms with E-state index >= 15 is 0 Å². The molecule has 0 heterocycles. The molecule has 0 unspecified atom stereocenters. The fourth-order valence-corrected chi connectivity index (χ4v) is 1.10. The van der Waals surface area contributed by atoms with E-state index in [-0.39, 0.29) is 17.2 Å². The Morgan fingerprint density at radius 3 is 2.42 bits per heavy atom. The van der Waals surface area contributed by atoms with E-state index in [0.29, 0.717) is 17.7 Å². The molecular formula is C8H12N2O2. The molecule has 4 heteroatoms. The Hall–Kier alpha value is -1.58. The molecule has 0 saturated heterocycles. The number of phenols is 2. The lowest BCUT2D eigenvalue weighted by Gasteiger charge is -2.09. The molecule has 0 aliphatic heterocycles. The van der Waals surface area contributed by atoms with E-state index < -0.39 is 0 Å². The Kier molecular flexibility index (Phi) is 1.99. The smallest absolute Gasteiger partial charge is 0.147 e. The molecule has 0 amide bonds. The topological polar surface area (TPSA) is 92.5 Å². The van der Waals surface area contributed by atoms with Crippen molar-refractivity contribution in [3.63, 3.8) is 0 Å². The van der Waals surface area contributed by atoms with Crippen molar-refractivity contribution in [2.75, 3.05) is 11.5 Å². The van der Waals surface area contributed by atoms with Crippen molar-refractivity contribution in [3.05, 3.63) is 11.6 Å². The number of benzene rings is 1. The number of hydrogen-bond donors (Lipinski definition) is 4. The van der Waals surface area contributed by atoms with Crippen LogP contribution in [-0.2, 0) is 6.42 Å². The molecular weight excluding hydrogens is 156 g/mol. The minimum Gasteiger partial charge on any atom is -0.506 e. The van der Waals surface area contributed by atoms with E-state index in [1.165, 1.54) is 6.07 Å². The van der Waals surface area contributed by atoms with Gasteiger partial charge in [0.25, 0.3) is 0 Å². The first-order valence-corrected chi connectivity index (χ1v) is 3.66. The number of nitrogen functional groups attached to an aromatic ring is 2. The molecule has 0 aliphatic carbocycles. The van der Waals surface area contributed by atoms with Crippen molar-refractivity contribution in [3.8, 4) is 11.5 Å². The zero-order valence-corrected chi connectivity index (χ0v) is 6.83. The van der Waals surface area contributed by atoms with Gasteiger partial charge in [-0.3, -0.25) is 0 Å². The van der Waals surface area contributed by atoms with Gasteiger partial charge in [-0.05, 0) is 6.42 Å². The Labute approximate surface area is 70.4 Å². The van der Waals surface area contributed by atoms with Gasteiger partial charge >= 0.3 is 0 Å². The molecule has 0 saturated carbocycles. The molecule has 12 heavy (non-hydrogen) atoms. The van der Waals surface area contributed by atoms with Gasteiger partial charge in [0, 0.05) is 17.3 Å². The maximum absolute atomic E-state index is 9.39. The van der Waals surface area contributed by atoms with Gasteiger partial charge in [0.2, 0.25) is 0 Å². The number of nitrogens with two attached hydrogens (primary N) is 2. The number of hydrogen-bond acceptors (Lipinski definition) is 4. The lowest BCUT2D eigenvalue weighted by Crippen LogP contribution is -1.97. The predicted octanol–water partition coefficient (Wildman–Crippen LogP) is 0.825. The lowest BCUT2D eigenvalue weighted by atomic mass is 10.1. The van der Waals surface area contributed by atoms with E-state index in [1.807, 2.05) is 6.92 Å². The summed E-state index contributed by atoms with van der Waals surface area (Å²) in [6.45, 7) is 1.85. The first kappa shape index (κ1) is 8.52. The molecule has 1 aromatic rings. The Morgan fingerprint density at radius 1 is 1.33 bits per heavy atom. The lowest BCUT2D eigenvalue weighted by molar-refractivity contribution is 0.452. The van der Waals surface area contributed by atoms with Gasteiger partial charge in [0.15, 0.2) is 0 Å². The summed E-state index contributed by atoms with van der Waals surface area (Å²) in [5.41, 5.74) is 11.8. The summed E-state index contributed by atoms with van der Waals surface area (Å²) in [6.07, 6.45) is 0.585. The molecule has 6 N–H and O–H groups in total. The number of phenolic OH excluding ortho intramolecular Hbond substituents is 2. The highest BCUT2D eigenvalue weighted by molar-refractivity contribution is 5.72. The minimum absolute atomic E-state index is 0.0129. The van der Waals surface area contributed by atoms with Crippen LogP contribution in [0, 0.1) is 0 Å². The highest BCUT2D eigenvalue weighted by atomic mass is 16.3. The van der Waals surface area contributed by atoms with E-state index in [4.69, 9.17) is 16.6 Å². The second-order valence-corrected chi connectivity index (χ2v) is 2.58. The van der Waals surface area contributed by atoms with E-state index in [0.717, 1.165) is 0 Å². The molecule has 0 bridgehead atoms. The average molecular weight is 168 g/mol. The third-order valence-electron chi connectivity index (χ3n) is 1.81. The number of rotatable bonds is 1. The van der Waals surface area contributed by atoms with Crippen molar-refractivity contribution in [2.24, 2.45) is 0 Å². The highest BCUT2D eigenvalue weighted by Gasteiger charge is 2.11. The van der Waals surface area contributed by atoms with Gasteiger partial charge in [0.05, 0.1) is 0 Å². The van der Waals surface area contributed by atoms with Crippen LogP contribution in [0.25, 0.3) is 0 Å². The summed E-state index contributed by atoms with van der Waals surface area (Å²) in [7, 11) is 0. The van der Waals surface area contributed by atoms with Crippen LogP contribution in [0.4, 0.5) is 11.4 Å². The maximum atomic E-state index is 9.39. The van der Waals surface area contributed by atoms with E-state index in [1.54, 1.807) is 0 Å². The van der Waals surface area contributed by atoms with Crippen LogP contribution in [0.3, 0.4) is 0 Å². The summed E-state index contributed by atoms with van der Waals surface area (Å²) in [4.78, 5) is 0. The van der Waals surface area contributed by atoms with E-state index in [2.05, 4.69) is 0 Å². The summed E-state index contributed by atoms with van der Waals surface area (Å²) >= 11 is 0. The quantitative estimate of drug-likeness (QED) is 0.369. The molecule has 1 aromatic carbocycles. The molecule has 0 atom stereocenters. The van der Waals surface area contributed by atoms with Gasteiger partial charge in [0.1, 0.15) is 17.2 Å². The minimum atomic E-state index is -0.179. The summed E-state index contributed by atoms with van der Waals surface area (Å²) < 4.78 is 0. The fourth-order valence-electron chi connectivity index (χ4n) is 1.10.